The lowest BCUT2D eigenvalue weighted by Gasteiger charge is -2.09. The van der Waals surface area contributed by atoms with E-state index in [0.29, 0.717) is 32.9 Å². The second-order valence-corrected chi connectivity index (χ2v) is 4.92. The van der Waals surface area contributed by atoms with Crippen LogP contribution in [0.25, 0.3) is 0 Å². The molecule has 2 aromatic rings. The first-order chi connectivity index (χ1) is 10.0. The minimum Gasteiger partial charge on any atom is -0.495 e. The van der Waals surface area contributed by atoms with E-state index in [4.69, 9.17) is 27.9 Å². The Morgan fingerprint density at radius 2 is 2.00 bits per heavy atom. The SMILES string of the molecule is CNc1ncc(C(=O)Nc2ccc(Cl)c(OC)c2)cc1Cl. The lowest BCUT2D eigenvalue weighted by atomic mass is 10.2. The number of halogens is 2. The van der Waals surface area contributed by atoms with E-state index in [2.05, 4.69) is 15.6 Å². The quantitative estimate of drug-likeness (QED) is 0.899. The maximum Gasteiger partial charge on any atom is 0.257 e. The van der Waals surface area contributed by atoms with Crippen LogP contribution in [-0.4, -0.2) is 25.0 Å². The third-order valence-electron chi connectivity index (χ3n) is 2.75. The van der Waals surface area contributed by atoms with Crippen LogP contribution in [-0.2, 0) is 0 Å². The number of carbonyl (C=O) groups excluding carboxylic acids is 1. The predicted octanol–water partition coefficient (Wildman–Crippen LogP) is 3.69. The zero-order valence-corrected chi connectivity index (χ0v) is 12.9. The van der Waals surface area contributed by atoms with Gasteiger partial charge in [0.05, 0.1) is 22.7 Å². The number of anilines is 2. The number of aromatic nitrogens is 1. The van der Waals surface area contributed by atoms with Crippen molar-refractivity contribution in [3.63, 3.8) is 0 Å². The van der Waals surface area contributed by atoms with Gasteiger partial charge in [-0.2, -0.15) is 0 Å². The van der Waals surface area contributed by atoms with Crippen LogP contribution >= 0.6 is 23.2 Å². The molecular formula is C14H13Cl2N3O2. The van der Waals surface area contributed by atoms with Crippen molar-refractivity contribution in [2.45, 2.75) is 0 Å². The van der Waals surface area contributed by atoms with Crippen LogP contribution in [0.3, 0.4) is 0 Å². The first-order valence-electron chi connectivity index (χ1n) is 6.03. The van der Waals surface area contributed by atoms with Gasteiger partial charge >= 0.3 is 0 Å². The lowest BCUT2D eigenvalue weighted by Crippen LogP contribution is -2.12. The van der Waals surface area contributed by atoms with E-state index in [-0.39, 0.29) is 5.91 Å². The Balaban J connectivity index is 2.19. The highest BCUT2D eigenvalue weighted by atomic mass is 35.5. The van der Waals surface area contributed by atoms with Crippen LogP contribution in [0.2, 0.25) is 10.0 Å². The molecule has 1 aromatic heterocycles. The van der Waals surface area contributed by atoms with Gasteiger partial charge in [-0.3, -0.25) is 4.79 Å². The Kier molecular flexibility index (Phi) is 4.88. The van der Waals surface area contributed by atoms with Gasteiger partial charge in [-0.05, 0) is 18.2 Å². The number of nitrogens with one attached hydrogen (secondary N) is 2. The van der Waals surface area contributed by atoms with Crippen LogP contribution in [0.1, 0.15) is 10.4 Å². The molecule has 0 aliphatic rings. The Labute approximate surface area is 132 Å². The van der Waals surface area contributed by atoms with Crippen LogP contribution in [0.5, 0.6) is 5.75 Å². The van der Waals surface area contributed by atoms with Crippen molar-refractivity contribution in [3.05, 3.63) is 46.1 Å². The summed E-state index contributed by atoms with van der Waals surface area (Å²) < 4.78 is 5.10. The fraction of sp³-hybridized carbons (Fsp3) is 0.143. The molecule has 0 spiro atoms. The molecule has 0 unspecified atom stereocenters. The third-order valence-corrected chi connectivity index (χ3v) is 3.35. The highest BCUT2D eigenvalue weighted by Gasteiger charge is 2.11. The Bertz CT molecular complexity index is 677. The third kappa shape index (κ3) is 3.56. The van der Waals surface area contributed by atoms with E-state index in [0.717, 1.165) is 0 Å². The summed E-state index contributed by atoms with van der Waals surface area (Å²) in [6.45, 7) is 0. The number of ether oxygens (including phenoxy) is 1. The lowest BCUT2D eigenvalue weighted by molar-refractivity contribution is 0.102. The van der Waals surface area contributed by atoms with E-state index in [1.807, 2.05) is 0 Å². The van der Waals surface area contributed by atoms with Crippen molar-refractivity contribution in [2.24, 2.45) is 0 Å². The zero-order chi connectivity index (χ0) is 15.4. The summed E-state index contributed by atoms with van der Waals surface area (Å²) in [6, 6.07) is 6.51. The van der Waals surface area contributed by atoms with Gasteiger partial charge < -0.3 is 15.4 Å². The first-order valence-corrected chi connectivity index (χ1v) is 6.79. The molecule has 0 saturated heterocycles. The summed E-state index contributed by atoms with van der Waals surface area (Å²) in [6.07, 6.45) is 1.44. The molecule has 1 amide bonds. The minimum atomic E-state index is -0.323. The van der Waals surface area contributed by atoms with Gasteiger partial charge in [-0.15, -0.1) is 0 Å². The van der Waals surface area contributed by atoms with Crippen molar-refractivity contribution >= 4 is 40.6 Å². The van der Waals surface area contributed by atoms with Crippen LogP contribution in [0, 0.1) is 0 Å². The summed E-state index contributed by atoms with van der Waals surface area (Å²) in [5, 5.41) is 6.40. The Morgan fingerprint density at radius 3 is 2.62 bits per heavy atom. The molecule has 0 aliphatic carbocycles. The normalized spacial score (nSPS) is 10.1. The number of benzene rings is 1. The first kappa shape index (κ1) is 15.4. The van der Waals surface area contributed by atoms with Gasteiger partial charge in [-0.25, -0.2) is 4.98 Å². The molecule has 110 valence electrons. The second kappa shape index (κ2) is 6.65. The minimum absolute atomic E-state index is 0.323. The van der Waals surface area contributed by atoms with Crippen molar-refractivity contribution in [1.29, 1.82) is 0 Å². The predicted molar refractivity (Wildman–Crippen MR) is 84.8 cm³/mol. The number of hydrogen-bond donors (Lipinski definition) is 2. The van der Waals surface area contributed by atoms with Crippen molar-refractivity contribution < 1.29 is 9.53 Å². The Morgan fingerprint density at radius 1 is 1.24 bits per heavy atom. The molecule has 1 aromatic carbocycles. The monoisotopic (exact) mass is 325 g/mol. The molecule has 5 nitrogen and oxygen atoms in total. The Hall–Kier alpha value is -1.98. The molecule has 7 heteroatoms. The maximum absolute atomic E-state index is 12.1. The molecule has 0 radical (unpaired) electrons. The molecule has 21 heavy (non-hydrogen) atoms. The summed E-state index contributed by atoms with van der Waals surface area (Å²) in [4.78, 5) is 16.2. The molecule has 0 fully saturated rings. The fourth-order valence-electron chi connectivity index (χ4n) is 1.69. The molecule has 0 bridgehead atoms. The molecule has 0 saturated carbocycles. The maximum atomic E-state index is 12.1. The smallest absolute Gasteiger partial charge is 0.257 e. The van der Waals surface area contributed by atoms with E-state index in [1.54, 1.807) is 31.3 Å². The van der Waals surface area contributed by atoms with E-state index < -0.39 is 0 Å². The number of hydrogen-bond acceptors (Lipinski definition) is 4. The molecule has 0 aliphatic heterocycles. The van der Waals surface area contributed by atoms with Gasteiger partial charge in [0.15, 0.2) is 0 Å². The standard InChI is InChI=1S/C14H13Cl2N3O2/c1-17-13-11(16)5-8(7-18-13)14(20)19-9-3-4-10(15)12(6-9)21-2/h3-7H,1-2H3,(H,17,18)(H,19,20). The molecule has 2 rings (SSSR count). The average molecular weight is 326 g/mol. The molecular weight excluding hydrogens is 313 g/mol. The van der Waals surface area contributed by atoms with E-state index >= 15 is 0 Å². The van der Waals surface area contributed by atoms with Crippen LogP contribution < -0.4 is 15.4 Å². The fourth-order valence-corrected chi connectivity index (χ4v) is 2.14. The van der Waals surface area contributed by atoms with Crippen LogP contribution in [0.15, 0.2) is 30.5 Å². The number of methoxy groups -OCH3 is 1. The molecule has 2 N–H and O–H groups in total. The van der Waals surface area contributed by atoms with Gasteiger partial charge in [0.25, 0.3) is 5.91 Å². The van der Waals surface area contributed by atoms with E-state index in [1.165, 1.54) is 13.3 Å². The van der Waals surface area contributed by atoms with Crippen molar-refractivity contribution in [1.82, 2.24) is 4.98 Å². The van der Waals surface area contributed by atoms with Crippen molar-refractivity contribution in [2.75, 3.05) is 24.8 Å². The molecule has 0 atom stereocenters. The molecule has 1 heterocycles. The number of amides is 1. The van der Waals surface area contributed by atoms with Gasteiger partial charge in [0, 0.05) is 25.0 Å². The van der Waals surface area contributed by atoms with Gasteiger partial charge in [-0.1, -0.05) is 23.2 Å². The van der Waals surface area contributed by atoms with E-state index in [9.17, 15) is 4.79 Å². The topological polar surface area (TPSA) is 63.2 Å². The highest BCUT2D eigenvalue weighted by molar-refractivity contribution is 6.33. The zero-order valence-electron chi connectivity index (χ0n) is 11.4. The second-order valence-electron chi connectivity index (χ2n) is 4.11. The highest BCUT2D eigenvalue weighted by Crippen LogP contribution is 2.28. The van der Waals surface area contributed by atoms with Crippen LogP contribution in [0.4, 0.5) is 11.5 Å². The number of rotatable bonds is 4. The number of carbonyl (C=O) groups is 1. The summed E-state index contributed by atoms with van der Waals surface area (Å²) >= 11 is 11.9. The van der Waals surface area contributed by atoms with Gasteiger partial charge in [0.1, 0.15) is 11.6 Å². The number of pyridine rings is 1. The summed E-state index contributed by atoms with van der Waals surface area (Å²) in [7, 11) is 3.21. The van der Waals surface area contributed by atoms with Crippen molar-refractivity contribution in [3.8, 4) is 5.75 Å². The van der Waals surface area contributed by atoms with Gasteiger partial charge in [0.2, 0.25) is 0 Å². The summed E-state index contributed by atoms with van der Waals surface area (Å²) in [5.41, 5.74) is 0.919. The largest absolute Gasteiger partial charge is 0.495 e. The summed E-state index contributed by atoms with van der Waals surface area (Å²) in [5.74, 6) is 0.675. The number of nitrogens with zero attached hydrogens (tertiary/aromatic N) is 1. The average Bonchev–Trinajstić information content (AvgIpc) is 2.49.